The van der Waals surface area contributed by atoms with E-state index in [4.69, 9.17) is 4.74 Å². The van der Waals surface area contributed by atoms with Gasteiger partial charge in [-0.1, -0.05) is 55.0 Å². The van der Waals surface area contributed by atoms with E-state index in [1.807, 2.05) is 0 Å². The summed E-state index contributed by atoms with van der Waals surface area (Å²) < 4.78 is 5.77. The number of piperidine rings is 4. The predicted molar refractivity (Wildman–Crippen MR) is 178 cm³/mol. The van der Waals surface area contributed by atoms with Crippen molar-refractivity contribution >= 4 is 17.3 Å². The van der Waals surface area contributed by atoms with E-state index in [0.29, 0.717) is 23.4 Å². The quantitative estimate of drug-likeness (QED) is 0.319. The highest BCUT2D eigenvalue weighted by molar-refractivity contribution is 5.90. The average Bonchev–Trinajstić information content (AvgIpc) is 3.82. The van der Waals surface area contributed by atoms with Crippen LogP contribution in [0.15, 0.2) is 54.1 Å². The molecule has 0 unspecified atom stereocenters. The van der Waals surface area contributed by atoms with Crippen LogP contribution in [0.4, 0.5) is 11.4 Å². The lowest BCUT2D eigenvalue weighted by Gasteiger charge is -2.71. The largest absolute Gasteiger partial charge is 0.467 e. The second-order valence-corrected chi connectivity index (χ2v) is 17.1. The van der Waals surface area contributed by atoms with Gasteiger partial charge in [0.05, 0.1) is 18.2 Å². The highest BCUT2D eigenvalue weighted by Crippen LogP contribution is 2.83. The molecule has 6 nitrogen and oxygen atoms in total. The summed E-state index contributed by atoms with van der Waals surface area (Å²) in [5.41, 5.74) is 9.51. The molecule has 12 rings (SSSR count). The topological polar surface area (TPSA) is 39.3 Å². The van der Waals surface area contributed by atoms with Crippen molar-refractivity contribution in [3.05, 3.63) is 70.8 Å². The molecule has 0 amide bonds. The molecular formula is C40H46N4O2. The zero-order chi connectivity index (χ0) is 30.6. The van der Waals surface area contributed by atoms with Gasteiger partial charge in [0.2, 0.25) is 0 Å². The summed E-state index contributed by atoms with van der Waals surface area (Å²) >= 11 is 0. The molecule has 8 heterocycles. The second-order valence-electron chi connectivity index (χ2n) is 17.1. The number of esters is 1. The SMILES string of the molecule is C/C=C1/CN2CC[C@@]34CN5c6c(cccc6[C@@]67CCN8CCC[C@@]9(CC[C@]56[C@@H]9C)[C@H]87)[C@@]35[C@@H]2C[C@@H]1[C@@H](C(=O)OC)N5c1ccccc14. The Kier molecular flexibility index (Phi) is 4.40. The van der Waals surface area contributed by atoms with Gasteiger partial charge in [-0.15, -0.1) is 0 Å². The molecule has 6 heteroatoms. The molecule has 5 saturated heterocycles. The summed E-state index contributed by atoms with van der Waals surface area (Å²) in [6.45, 7) is 10.6. The summed E-state index contributed by atoms with van der Waals surface area (Å²) in [5, 5.41) is 0. The van der Waals surface area contributed by atoms with Crippen molar-refractivity contribution in [2.24, 2.45) is 17.3 Å². The number of rotatable bonds is 1. The van der Waals surface area contributed by atoms with Crippen LogP contribution in [-0.2, 0) is 25.9 Å². The number of nitrogens with zero attached hydrogens (tertiary/aromatic N) is 4. The Morgan fingerprint density at radius 3 is 2.63 bits per heavy atom. The van der Waals surface area contributed by atoms with E-state index in [2.05, 4.69) is 82.0 Å². The third-order valence-electron chi connectivity index (χ3n) is 17.0. The number of anilines is 2. The van der Waals surface area contributed by atoms with E-state index < -0.39 is 0 Å². The van der Waals surface area contributed by atoms with Crippen molar-refractivity contribution in [3.63, 3.8) is 0 Å². The fourth-order valence-electron chi connectivity index (χ4n) is 16.1. The highest BCUT2D eigenvalue weighted by atomic mass is 16.5. The number of fused-ring (bicyclic) bond motifs is 3. The Labute approximate surface area is 272 Å². The number of methoxy groups -OCH3 is 1. The minimum absolute atomic E-state index is 0.0614. The molecule has 2 aromatic rings. The van der Waals surface area contributed by atoms with E-state index in [-0.39, 0.29) is 39.8 Å². The molecule has 7 fully saturated rings. The molecule has 10 atom stereocenters. The summed E-state index contributed by atoms with van der Waals surface area (Å²) in [6.07, 6.45) is 11.3. The minimum atomic E-state index is -0.311. The first kappa shape index (κ1) is 26.2. The molecule has 2 saturated carbocycles. The molecule has 2 aromatic carbocycles. The summed E-state index contributed by atoms with van der Waals surface area (Å²) in [7, 11) is 1.61. The van der Waals surface area contributed by atoms with Gasteiger partial charge in [-0.3, -0.25) is 9.80 Å². The van der Waals surface area contributed by atoms with Crippen LogP contribution in [0.3, 0.4) is 0 Å². The molecule has 238 valence electrons. The van der Waals surface area contributed by atoms with Crippen molar-refractivity contribution in [3.8, 4) is 0 Å². The number of hydrogen-bond acceptors (Lipinski definition) is 6. The van der Waals surface area contributed by atoms with Crippen molar-refractivity contribution in [2.75, 3.05) is 49.6 Å². The van der Waals surface area contributed by atoms with Crippen LogP contribution in [0.1, 0.15) is 75.5 Å². The van der Waals surface area contributed by atoms with Crippen LogP contribution in [0, 0.1) is 17.3 Å². The average molecular weight is 615 g/mol. The number of para-hydroxylation sites is 2. The Hall–Kier alpha value is -2.83. The Bertz CT molecular complexity index is 1820. The first-order valence-electron chi connectivity index (χ1n) is 18.5. The van der Waals surface area contributed by atoms with Crippen LogP contribution in [0.5, 0.6) is 0 Å². The lowest BCUT2D eigenvalue weighted by atomic mass is 9.50. The zero-order valence-corrected chi connectivity index (χ0v) is 27.6. The van der Waals surface area contributed by atoms with Gasteiger partial charge in [0.1, 0.15) is 6.04 Å². The maximum Gasteiger partial charge on any atom is 0.329 e. The summed E-state index contributed by atoms with van der Waals surface area (Å²) in [6, 6.07) is 17.6. The van der Waals surface area contributed by atoms with Crippen molar-refractivity contribution in [1.82, 2.24) is 9.80 Å². The zero-order valence-electron chi connectivity index (χ0n) is 27.6. The van der Waals surface area contributed by atoms with Crippen molar-refractivity contribution < 1.29 is 9.53 Å². The lowest BCUT2D eigenvalue weighted by molar-refractivity contribution is -0.148. The minimum Gasteiger partial charge on any atom is -0.467 e. The maximum atomic E-state index is 14.3. The number of ether oxygens (including phenoxy) is 1. The van der Waals surface area contributed by atoms with E-state index in [1.165, 1.54) is 67.6 Å². The fourth-order valence-corrected chi connectivity index (χ4v) is 16.1. The molecule has 4 bridgehead atoms. The van der Waals surface area contributed by atoms with Crippen LogP contribution in [-0.4, -0.2) is 79.3 Å². The van der Waals surface area contributed by atoms with Crippen molar-refractivity contribution in [1.29, 1.82) is 0 Å². The van der Waals surface area contributed by atoms with Gasteiger partial charge in [-0.05, 0) is 100 Å². The van der Waals surface area contributed by atoms with Gasteiger partial charge >= 0.3 is 5.97 Å². The molecule has 0 radical (unpaired) electrons. The molecule has 4 spiro atoms. The smallest absolute Gasteiger partial charge is 0.329 e. The van der Waals surface area contributed by atoms with E-state index in [0.717, 1.165) is 32.5 Å². The van der Waals surface area contributed by atoms with E-state index in [9.17, 15) is 4.79 Å². The van der Waals surface area contributed by atoms with Gasteiger partial charge in [0, 0.05) is 58.9 Å². The number of hydrogen-bond donors (Lipinski definition) is 0. The van der Waals surface area contributed by atoms with E-state index in [1.54, 1.807) is 18.4 Å². The fraction of sp³-hybridized carbons (Fsp3) is 0.625. The van der Waals surface area contributed by atoms with Gasteiger partial charge < -0.3 is 14.5 Å². The van der Waals surface area contributed by atoms with Crippen LogP contribution in [0.2, 0.25) is 0 Å². The van der Waals surface area contributed by atoms with Crippen LogP contribution in [0.25, 0.3) is 0 Å². The second kappa shape index (κ2) is 7.73. The maximum absolute atomic E-state index is 14.3. The first-order chi connectivity index (χ1) is 22.5. The molecule has 2 aliphatic carbocycles. The normalized spacial score (nSPS) is 48.7. The third-order valence-corrected chi connectivity index (χ3v) is 17.0. The Morgan fingerprint density at radius 1 is 0.935 bits per heavy atom. The highest BCUT2D eigenvalue weighted by Gasteiger charge is 2.87. The van der Waals surface area contributed by atoms with Gasteiger partial charge in [-0.2, -0.15) is 0 Å². The molecule has 46 heavy (non-hydrogen) atoms. The van der Waals surface area contributed by atoms with E-state index >= 15 is 0 Å². The van der Waals surface area contributed by atoms with Crippen LogP contribution >= 0.6 is 0 Å². The number of carbonyl (C=O) groups excluding carboxylic acids is 1. The summed E-state index contributed by atoms with van der Waals surface area (Å²) in [5.74, 6) is 0.810. The summed E-state index contributed by atoms with van der Waals surface area (Å²) in [4.78, 5) is 25.9. The number of allylic oxidation sites excluding steroid dienone is 1. The number of benzene rings is 2. The molecular weight excluding hydrogens is 568 g/mol. The van der Waals surface area contributed by atoms with Crippen LogP contribution < -0.4 is 9.80 Å². The Balaban J connectivity index is 1.20. The number of carbonyl (C=O) groups is 1. The molecule has 10 aliphatic rings. The van der Waals surface area contributed by atoms with Gasteiger partial charge in [-0.25, -0.2) is 4.79 Å². The first-order valence-corrected chi connectivity index (χ1v) is 18.5. The predicted octanol–water partition coefficient (Wildman–Crippen LogP) is 5.34. The molecule has 8 aliphatic heterocycles. The van der Waals surface area contributed by atoms with Gasteiger partial charge in [0.15, 0.2) is 0 Å². The Morgan fingerprint density at radius 2 is 1.76 bits per heavy atom. The molecule has 0 aromatic heterocycles. The molecule has 0 N–H and O–H groups in total. The standard InChI is InChI=1S/C40H46N4O2/c1-4-25-22-42-19-16-37-23-43-33-28(38-17-20-41-18-8-13-36(35(38)41)14-15-39(38,43)24(36)2)10-7-11-29(33)40(37)31(42)21-26(25)32(34(45)46-3)44(40)30-12-6-5-9-27(30)37/h4-7,9-12,24,26,31-32,35H,8,13-23H2,1-3H3/b25-4-/t24-,26+,31+,32+,35+,36+,37+,38-,39-,40-/m1/s1. The third kappa shape index (κ3) is 2.17. The monoisotopic (exact) mass is 614 g/mol. The van der Waals surface area contributed by atoms with Gasteiger partial charge in [0.25, 0.3) is 0 Å². The lowest BCUT2D eigenvalue weighted by Crippen LogP contribution is -2.81. The van der Waals surface area contributed by atoms with Crippen molar-refractivity contribution in [2.45, 2.75) is 98.8 Å².